The molecule has 1 aromatic carbocycles. The number of nitrogens with one attached hydrogen (secondary N) is 1. The van der Waals surface area contributed by atoms with Gasteiger partial charge in [0.1, 0.15) is 11.5 Å². The third-order valence-electron chi connectivity index (χ3n) is 6.23. The molecular formula is C25H27FN6. The van der Waals surface area contributed by atoms with Crippen LogP contribution in [0.15, 0.2) is 67.1 Å². The fourth-order valence-corrected chi connectivity index (χ4v) is 4.54. The third-order valence-corrected chi connectivity index (χ3v) is 6.23. The molecule has 5 heterocycles. The van der Waals surface area contributed by atoms with Crippen molar-refractivity contribution >= 4 is 17.3 Å². The van der Waals surface area contributed by atoms with Gasteiger partial charge in [0.2, 0.25) is 0 Å². The van der Waals surface area contributed by atoms with Gasteiger partial charge < -0.3 is 15.1 Å². The number of piperidine rings is 1. The summed E-state index contributed by atoms with van der Waals surface area (Å²) in [6, 6.07) is 15.7. The van der Waals surface area contributed by atoms with E-state index in [2.05, 4.69) is 38.0 Å². The largest absolute Gasteiger partial charge is 0.368 e. The van der Waals surface area contributed by atoms with Crippen LogP contribution in [-0.2, 0) is 5.67 Å². The average Bonchev–Trinajstić information content (AvgIpc) is 3.05. The molecule has 7 heteroatoms. The van der Waals surface area contributed by atoms with Gasteiger partial charge in [-0.3, -0.25) is 0 Å². The number of hydrogen-bond acceptors (Lipinski definition) is 6. The quantitative estimate of drug-likeness (QED) is 0.607. The lowest BCUT2D eigenvalue weighted by molar-refractivity contribution is 0.221. The number of nitrogens with zero attached hydrogens (tertiary/aromatic N) is 5. The minimum absolute atomic E-state index is 0.294. The Bertz CT molecular complexity index is 1130. The summed E-state index contributed by atoms with van der Waals surface area (Å²) in [4.78, 5) is 9.66. The number of hydrogen-bond donors (Lipinski definition) is 1. The fraction of sp³-hybridized carbons (Fsp3) is 0.320. The van der Waals surface area contributed by atoms with E-state index >= 15 is 0 Å². The molecule has 0 radical (unpaired) electrons. The summed E-state index contributed by atoms with van der Waals surface area (Å²) >= 11 is 0. The van der Waals surface area contributed by atoms with Crippen LogP contribution in [0.4, 0.5) is 21.7 Å². The summed E-state index contributed by atoms with van der Waals surface area (Å²) in [6.45, 7) is 9.44. The molecule has 164 valence electrons. The highest BCUT2D eigenvalue weighted by molar-refractivity contribution is 5.77. The standard InChI is InChI=1S/C25H27FN6/c1-17(28-23-8-5-13-27-30-23)32-20-11-14-31(15-12-20)22-10-9-21(29-24(22)32)18-6-4-7-19(16-18)25(2,3)26/h4-10,13,16,20H,1,11-12,14-15H2,2-3H3,(H,28,30). The molecule has 0 atom stereocenters. The number of rotatable bonds is 5. The number of benzene rings is 1. The van der Waals surface area contributed by atoms with Crippen LogP contribution in [0.3, 0.4) is 0 Å². The van der Waals surface area contributed by atoms with Gasteiger partial charge in [0.25, 0.3) is 0 Å². The topological polar surface area (TPSA) is 57.2 Å². The molecule has 3 aromatic rings. The molecule has 0 amide bonds. The predicted molar refractivity (Wildman–Crippen MR) is 126 cm³/mol. The van der Waals surface area contributed by atoms with Crippen molar-refractivity contribution in [3.05, 3.63) is 72.7 Å². The van der Waals surface area contributed by atoms with Gasteiger partial charge in [0.05, 0.1) is 11.4 Å². The first-order chi connectivity index (χ1) is 15.4. The third kappa shape index (κ3) is 3.79. The maximum atomic E-state index is 14.6. The number of pyridine rings is 1. The van der Waals surface area contributed by atoms with Crippen LogP contribution in [-0.4, -0.2) is 34.3 Å². The normalized spacial score (nSPS) is 16.0. The fourth-order valence-electron chi connectivity index (χ4n) is 4.54. The van der Waals surface area contributed by atoms with E-state index in [9.17, 15) is 4.39 Å². The second kappa shape index (κ2) is 7.89. The van der Waals surface area contributed by atoms with Crippen molar-refractivity contribution in [1.29, 1.82) is 0 Å². The van der Waals surface area contributed by atoms with Crippen molar-refractivity contribution in [2.45, 2.75) is 38.4 Å². The average molecular weight is 431 g/mol. The summed E-state index contributed by atoms with van der Waals surface area (Å²) in [5, 5.41) is 11.4. The first kappa shape index (κ1) is 20.4. The lowest BCUT2D eigenvalue weighted by Crippen LogP contribution is -2.41. The van der Waals surface area contributed by atoms with Gasteiger partial charge in [0, 0.05) is 30.9 Å². The van der Waals surface area contributed by atoms with Gasteiger partial charge in [-0.05, 0) is 62.6 Å². The maximum absolute atomic E-state index is 14.6. The summed E-state index contributed by atoms with van der Waals surface area (Å²) in [5.74, 6) is 2.24. The van der Waals surface area contributed by atoms with Crippen LogP contribution in [0.5, 0.6) is 0 Å². The van der Waals surface area contributed by atoms with Crippen molar-refractivity contribution in [3.63, 3.8) is 0 Å². The predicted octanol–water partition coefficient (Wildman–Crippen LogP) is 5.12. The molecule has 1 N–H and O–H groups in total. The second-order valence-electron chi connectivity index (χ2n) is 8.86. The number of anilines is 3. The monoisotopic (exact) mass is 430 g/mol. The molecule has 6 rings (SSSR count). The highest BCUT2D eigenvalue weighted by Crippen LogP contribution is 2.41. The SMILES string of the molecule is C=C(Nc1cccnn1)N1c2nc(-c3cccc(C(C)(C)F)c3)ccc2N2CCC1CC2. The zero-order valence-corrected chi connectivity index (χ0v) is 18.4. The first-order valence-corrected chi connectivity index (χ1v) is 11.0. The van der Waals surface area contributed by atoms with Gasteiger partial charge in [-0.25, -0.2) is 9.37 Å². The van der Waals surface area contributed by atoms with Crippen molar-refractivity contribution in [3.8, 4) is 11.3 Å². The molecule has 0 aliphatic carbocycles. The minimum Gasteiger partial charge on any atom is -0.368 e. The summed E-state index contributed by atoms with van der Waals surface area (Å²) in [6.07, 6.45) is 3.70. The van der Waals surface area contributed by atoms with Crippen LogP contribution in [0.2, 0.25) is 0 Å². The zero-order valence-electron chi connectivity index (χ0n) is 18.4. The van der Waals surface area contributed by atoms with Crippen LogP contribution in [0.1, 0.15) is 32.3 Å². The highest BCUT2D eigenvalue weighted by atomic mass is 19.1. The van der Waals surface area contributed by atoms with E-state index in [0.29, 0.717) is 17.4 Å². The lowest BCUT2D eigenvalue weighted by atomic mass is 9.97. The van der Waals surface area contributed by atoms with Crippen LogP contribution in [0, 0.1) is 0 Å². The maximum Gasteiger partial charge on any atom is 0.158 e. The Morgan fingerprint density at radius 1 is 1.12 bits per heavy atom. The summed E-state index contributed by atoms with van der Waals surface area (Å²) in [7, 11) is 0. The number of halogens is 1. The van der Waals surface area contributed by atoms with Crippen molar-refractivity contribution < 1.29 is 4.39 Å². The lowest BCUT2D eigenvalue weighted by Gasteiger charge is -2.34. The molecule has 0 spiro atoms. The first-order valence-electron chi connectivity index (χ1n) is 11.0. The molecule has 0 unspecified atom stereocenters. The van der Waals surface area contributed by atoms with Gasteiger partial charge in [-0.15, -0.1) is 5.10 Å². The van der Waals surface area contributed by atoms with Crippen molar-refractivity contribution in [1.82, 2.24) is 15.2 Å². The molecular weight excluding hydrogens is 403 g/mol. The van der Waals surface area contributed by atoms with Gasteiger partial charge in [-0.2, -0.15) is 5.10 Å². The molecule has 6 nitrogen and oxygen atoms in total. The van der Waals surface area contributed by atoms with Crippen LogP contribution < -0.4 is 15.1 Å². The minimum atomic E-state index is -1.41. The molecule has 2 bridgehead atoms. The Labute approximate surface area is 187 Å². The number of alkyl halides is 1. The van der Waals surface area contributed by atoms with Crippen molar-refractivity contribution in [2.75, 3.05) is 28.2 Å². The Morgan fingerprint density at radius 3 is 2.66 bits per heavy atom. The second-order valence-corrected chi connectivity index (χ2v) is 8.86. The smallest absolute Gasteiger partial charge is 0.158 e. The van der Waals surface area contributed by atoms with E-state index < -0.39 is 5.67 Å². The Balaban J connectivity index is 1.56. The van der Waals surface area contributed by atoms with Gasteiger partial charge in [-0.1, -0.05) is 24.8 Å². The number of aromatic nitrogens is 3. The highest BCUT2D eigenvalue weighted by Gasteiger charge is 2.35. The number of fused-ring (bicyclic) bond motifs is 2. The summed E-state index contributed by atoms with van der Waals surface area (Å²) < 4.78 is 14.6. The summed E-state index contributed by atoms with van der Waals surface area (Å²) in [5.41, 5.74) is 2.04. The van der Waals surface area contributed by atoms with E-state index in [4.69, 9.17) is 4.98 Å². The van der Waals surface area contributed by atoms with Gasteiger partial charge in [0.15, 0.2) is 11.6 Å². The van der Waals surface area contributed by atoms with E-state index in [-0.39, 0.29) is 0 Å². The molecule has 3 aliphatic heterocycles. The van der Waals surface area contributed by atoms with Crippen LogP contribution >= 0.6 is 0 Å². The molecule has 0 saturated carbocycles. The Hall–Kier alpha value is -3.48. The molecule has 1 saturated heterocycles. The van der Waals surface area contributed by atoms with E-state index in [1.807, 2.05) is 42.5 Å². The van der Waals surface area contributed by atoms with Crippen LogP contribution in [0.25, 0.3) is 11.3 Å². The van der Waals surface area contributed by atoms with Crippen molar-refractivity contribution in [2.24, 2.45) is 0 Å². The van der Waals surface area contributed by atoms with E-state index in [1.165, 1.54) is 0 Å². The Morgan fingerprint density at radius 2 is 1.94 bits per heavy atom. The van der Waals surface area contributed by atoms with Gasteiger partial charge >= 0.3 is 0 Å². The zero-order chi connectivity index (χ0) is 22.3. The molecule has 2 aromatic heterocycles. The molecule has 3 aliphatic rings. The van der Waals surface area contributed by atoms with E-state index in [1.54, 1.807) is 20.0 Å². The Kier molecular flexibility index (Phi) is 5.04. The van der Waals surface area contributed by atoms with E-state index in [0.717, 1.165) is 54.5 Å². The molecule has 32 heavy (non-hydrogen) atoms. The molecule has 1 fully saturated rings.